The van der Waals surface area contributed by atoms with Crippen molar-refractivity contribution in [1.29, 1.82) is 0 Å². The number of aryl methyl sites for hydroxylation is 1. The van der Waals surface area contributed by atoms with Gasteiger partial charge in [0.2, 0.25) is 0 Å². The first-order valence-electron chi connectivity index (χ1n) is 3.23. The van der Waals surface area contributed by atoms with Gasteiger partial charge in [-0.2, -0.15) is 11.8 Å². The summed E-state index contributed by atoms with van der Waals surface area (Å²) in [6.45, 7) is 2.09. The maximum atomic E-state index is 4.21. The molecule has 1 aromatic rings. The molecule has 0 aliphatic heterocycles. The smallest absolute Gasteiger partial charge is 0.0505 e. The van der Waals surface area contributed by atoms with Crippen molar-refractivity contribution in [2.24, 2.45) is 0 Å². The molecular weight excluding hydrogens is 142 g/mol. The molecule has 0 fully saturated rings. The Morgan fingerprint density at radius 1 is 1.60 bits per heavy atom. The van der Waals surface area contributed by atoms with Crippen LogP contribution in [0.1, 0.15) is 11.3 Å². The Balaban J connectivity index is 2.75. The van der Waals surface area contributed by atoms with Crippen LogP contribution in [0, 0.1) is 6.92 Å². The molecule has 0 aliphatic rings. The van der Waals surface area contributed by atoms with Crippen molar-refractivity contribution in [2.75, 3.05) is 6.26 Å². The van der Waals surface area contributed by atoms with E-state index in [1.54, 1.807) is 11.8 Å². The van der Waals surface area contributed by atoms with Crippen molar-refractivity contribution in [3.8, 4) is 0 Å². The van der Waals surface area contributed by atoms with E-state index in [1.165, 1.54) is 11.3 Å². The van der Waals surface area contributed by atoms with Crippen LogP contribution in [0.4, 0.5) is 0 Å². The van der Waals surface area contributed by atoms with Crippen molar-refractivity contribution >= 4 is 11.8 Å². The summed E-state index contributed by atoms with van der Waals surface area (Å²) in [6.07, 6.45) is 3.95. The number of thioether (sulfide) groups is 1. The molecule has 1 aromatic heterocycles. The van der Waals surface area contributed by atoms with Crippen molar-refractivity contribution < 1.29 is 0 Å². The van der Waals surface area contributed by atoms with Crippen molar-refractivity contribution in [3.63, 3.8) is 0 Å². The molecule has 0 spiro atoms. The number of pyridine rings is 1. The topological polar surface area (TPSA) is 12.9 Å². The van der Waals surface area contributed by atoms with Crippen LogP contribution < -0.4 is 0 Å². The van der Waals surface area contributed by atoms with E-state index < -0.39 is 0 Å². The lowest BCUT2D eigenvalue weighted by molar-refractivity contribution is 1.16. The summed E-state index contributed by atoms with van der Waals surface area (Å²) in [5.74, 6) is 1.02. The van der Waals surface area contributed by atoms with E-state index >= 15 is 0 Å². The van der Waals surface area contributed by atoms with Crippen molar-refractivity contribution in [1.82, 2.24) is 4.98 Å². The minimum Gasteiger partial charge on any atom is -0.260 e. The summed E-state index contributed by atoms with van der Waals surface area (Å²) in [7, 11) is 0. The van der Waals surface area contributed by atoms with Gasteiger partial charge in [0.25, 0.3) is 0 Å². The van der Waals surface area contributed by atoms with Crippen LogP contribution in [0.5, 0.6) is 0 Å². The zero-order chi connectivity index (χ0) is 7.40. The average molecular weight is 153 g/mol. The zero-order valence-electron chi connectivity index (χ0n) is 6.29. The molecule has 1 heterocycles. The highest BCUT2D eigenvalue weighted by Crippen LogP contribution is 2.06. The molecule has 0 unspecified atom stereocenters. The van der Waals surface area contributed by atoms with Crippen LogP contribution in [0.3, 0.4) is 0 Å². The Labute approximate surface area is 65.9 Å². The van der Waals surface area contributed by atoms with Crippen LogP contribution in [-0.2, 0) is 5.75 Å². The standard InChI is InChI=1S/C8H11NS/c1-7-3-4-9-8(5-7)6-10-2/h3-5H,6H2,1-2H3. The second kappa shape index (κ2) is 3.62. The molecule has 0 bridgehead atoms. The first-order valence-corrected chi connectivity index (χ1v) is 4.63. The van der Waals surface area contributed by atoms with E-state index in [4.69, 9.17) is 0 Å². The summed E-state index contributed by atoms with van der Waals surface area (Å²) in [6, 6.07) is 4.14. The second-order valence-corrected chi connectivity index (χ2v) is 3.12. The number of hydrogen-bond acceptors (Lipinski definition) is 2. The molecule has 0 saturated carbocycles. The molecule has 0 radical (unpaired) electrons. The molecule has 0 saturated heterocycles. The van der Waals surface area contributed by atoms with Crippen LogP contribution in [0.25, 0.3) is 0 Å². The highest BCUT2D eigenvalue weighted by Gasteiger charge is 1.90. The van der Waals surface area contributed by atoms with E-state index in [9.17, 15) is 0 Å². The maximum Gasteiger partial charge on any atom is 0.0505 e. The molecule has 0 aliphatic carbocycles. The first-order chi connectivity index (χ1) is 4.83. The third-order valence-electron chi connectivity index (χ3n) is 1.26. The molecule has 0 atom stereocenters. The van der Waals surface area contributed by atoms with Crippen LogP contribution in [0.15, 0.2) is 18.3 Å². The summed E-state index contributed by atoms with van der Waals surface area (Å²) < 4.78 is 0. The van der Waals surface area contributed by atoms with Crippen LogP contribution >= 0.6 is 11.8 Å². The van der Waals surface area contributed by atoms with Gasteiger partial charge in [-0.25, -0.2) is 0 Å². The van der Waals surface area contributed by atoms with E-state index in [2.05, 4.69) is 24.2 Å². The first kappa shape index (κ1) is 7.61. The number of aromatic nitrogens is 1. The van der Waals surface area contributed by atoms with Gasteiger partial charge in [-0.1, -0.05) is 0 Å². The molecule has 0 N–H and O–H groups in total. The largest absolute Gasteiger partial charge is 0.260 e. The predicted octanol–water partition coefficient (Wildman–Crippen LogP) is 2.25. The van der Waals surface area contributed by atoms with Gasteiger partial charge in [0.05, 0.1) is 5.69 Å². The fraction of sp³-hybridized carbons (Fsp3) is 0.375. The molecular formula is C8H11NS. The Hall–Kier alpha value is -0.500. The van der Waals surface area contributed by atoms with Crippen LogP contribution in [0.2, 0.25) is 0 Å². The Bertz CT molecular complexity index is 210. The van der Waals surface area contributed by atoms with Crippen LogP contribution in [-0.4, -0.2) is 11.2 Å². The van der Waals surface area contributed by atoms with E-state index in [0.717, 1.165) is 5.75 Å². The third kappa shape index (κ3) is 2.03. The van der Waals surface area contributed by atoms with Gasteiger partial charge in [0, 0.05) is 11.9 Å². The quantitative estimate of drug-likeness (QED) is 0.646. The summed E-state index contributed by atoms with van der Waals surface area (Å²) in [5, 5.41) is 0. The predicted molar refractivity (Wildman–Crippen MR) is 46.2 cm³/mol. The molecule has 54 valence electrons. The van der Waals surface area contributed by atoms with E-state index in [-0.39, 0.29) is 0 Å². The highest BCUT2D eigenvalue weighted by atomic mass is 32.2. The van der Waals surface area contributed by atoms with Gasteiger partial charge in [0.15, 0.2) is 0 Å². The lowest BCUT2D eigenvalue weighted by atomic mass is 10.3. The second-order valence-electron chi connectivity index (χ2n) is 2.26. The average Bonchev–Trinajstić information content (AvgIpc) is 1.88. The summed E-state index contributed by atoms with van der Waals surface area (Å²) >= 11 is 1.80. The fourth-order valence-electron chi connectivity index (χ4n) is 0.826. The van der Waals surface area contributed by atoms with E-state index in [1.807, 2.05) is 12.3 Å². The zero-order valence-corrected chi connectivity index (χ0v) is 7.11. The van der Waals surface area contributed by atoms with Gasteiger partial charge >= 0.3 is 0 Å². The third-order valence-corrected chi connectivity index (χ3v) is 1.85. The molecule has 2 heteroatoms. The minimum atomic E-state index is 1.02. The fourth-order valence-corrected chi connectivity index (χ4v) is 1.28. The molecule has 0 amide bonds. The Kier molecular flexibility index (Phi) is 2.75. The summed E-state index contributed by atoms with van der Waals surface area (Å²) in [4.78, 5) is 4.21. The number of rotatable bonds is 2. The van der Waals surface area contributed by atoms with Gasteiger partial charge in [0.1, 0.15) is 0 Å². The monoisotopic (exact) mass is 153 g/mol. The van der Waals surface area contributed by atoms with Gasteiger partial charge in [-0.3, -0.25) is 4.98 Å². The summed E-state index contributed by atoms with van der Waals surface area (Å²) in [5.41, 5.74) is 2.46. The normalized spacial score (nSPS) is 9.80. The Morgan fingerprint density at radius 2 is 2.40 bits per heavy atom. The molecule has 1 rings (SSSR count). The number of nitrogens with zero attached hydrogens (tertiary/aromatic N) is 1. The Morgan fingerprint density at radius 3 is 3.00 bits per heavy atom. The van der Waals surface area contributed by atoms with E-state index in [0.29, 0.717) is 0 Å². The van der Waals surface area contributed by atoms with Crippen molar-refractivity contribution in [3.05, 3.63) is 29.6 Å². The lowest BCUT2D eigenvalue weighted by Gasteiger charge is -1.96. The number of hydrogen-bond donors (Lipinski definition) is 0. The molecule has 10 heavy (non-hydrogen) atoms. The molecule has 0 aromatic carbocycles. The van der Waals surface area contributed by atoms with Gasteiger partial charge < -0.3 is 0 Å². The molecule has 1 nitrogen and oxygen atoms in total. The van der Waals surface area contributed by atoms with Crippen molar-refractivity contribution in [2.45, 2.75) is 12.7 Å². The SMILES string of the molecule is CSCc1cc(C)ccn1. The maximum absolute atomic E-state index is 4.21. The van der Waals surface area contributed by atoms with Gasteiger partial charge in [-0.05, 0) is 30.9 Å². The van der Waals surface area contributed by atoms with Gasteiger partial charge in [-0.15, -0.1) is 0 Å². The lowest BCUT2D eigenvalue weighted by Crippen LogP contribution is -1.85. The minimum absolute atomic E-state index is 1.02. The highest BCUT2D eigenvalue weighted by molar-refractivity contribution is 7.97.